The molecule has 0 bridgehead atoms. The summed E-state index contributed by atoms with van der Waals surface area (Å²) in [5.41, 5.74) is 1.46. The van der Waals surface area contributed by atoms with Gasteiger partial charge in [0.25, 0.3) is 5.91 Å². The number of carbonyl (C=O) groups excluding carboxylic acids is 1. The number of nitrogens with zero attached hydrogens (tertiary/aromatic N) is 1. The third kappa shape index (κ3) is 4.04. The molecule has 0 heterocycles. The molecule has 1 aromatic carbocycles. The van der Waals surface area contributed by atoms with E-state index in [-0.39, 0.29) is 11.4 Å². The van der Waals surface area contributed by atoms with Crippen molar-refractivity contribution in [2.75, 3.05) is 24.3 Å². The quantitative estimate of drug-likeness (QED) is 0.867. The first-order valence-corrected chi connectivity index (χ1v) is 6.64. The molecule has 4 heteroatoms. The molecule has 0 fully saturated rings. The van der Waals surface area contributed by atoms with E-state index in [0.29, 0.717) is 5.56 Å². The van der Waals surface area contributed by atoms with Gasteiger partial charge in [-0.25, -0.2) is 0 Å². The Morgan fingerprint density at radius 3 is 2.59 bits per heavy atom. The van der Waals surface area contributed by atoms with Gasteiger partial charge in [-0.2, -0.15) is 0 Å². The van der Waals surface area contributed by atoms with Crippen LogP contribution in [0, 0.1) is 0 Å². The normalized spacial score (nSPS) is 11.1. The molecule has 0 aromatic heterocycles. The summed E-state index contributed by atoms with van der Waals surface area (Å²) in [5, 5.41) is 3.71. The van der Waals surface area contributed by atoms with Crippen molar-refractivity contribution in [1.82, 2.24) is 5.32 Å². The van der Waals surface area contributed by atoms with Crippen LogP contribution in [0.2, 0.25) is 0 Å². The second kappa shape index (κ2) is 5.54. The van der Waals surface area contributed by atoms with E-state index >= 15 is 0 Å². The average Bonchev–Trinajstić information content (AvgIpc) is 2.28. The predicted molar refractivity (Wildman–Crippen MR) is 76.1 cm³/mol. The standard InChI is InChI=1S/C13H19BrN2O/c1-13(2,9-14)15-12(17)10-6-5-7-11(8-10)16(3)4/h5-8H,9H2,1-4H3,(H,15,17). The maximum atomic E-state index is 12.0. The smallest absolute Gasteiger partial charge is 0.251 e. The van der Waals surface area contributed by atoms with Crippen LogP contribution in [0.4, 0.5) is 5.69 Å². The van der Waals surface area contributed by atoms with Crippen LogP contribution in [0.5, 0.6) is 0 Å². The summed E-state index contributed by atoms with van der Waals surface area (Å²) in [6, 6.07) is 7.59. The Hall–Kier alpha value is -1.03. The minimum Gasteiger partial charge on any atom is -0.378 e. The second-order valence-corrected chi connectivity index (χ2v) is 5.48. The lowest BCUT2D eigenvalue weighted by Gasteiger charge is -2.24. The van der Waals surface area contributed by atoms with Gasteiger partial charge < -0.3 is 10.2 Å². The van der Waals surface area contributed by atoms with Gasteiger partial charge in [0, 0.05) is 36.2 Å². The number of alkyl halides is 1. The van der Waals surface area contributed by atoms with Crippen LogP contribution in [0.1, 0.15) is 24.2 Å². The van der Waals surface area contributed by atoms with Gasteiger partial charge in [0.1, 0.15) is 0 Å². The Morgan fingerprint density at radius 2 is 2.06 bits per heavy atom. The Morgan fingerprint density at radius 1 is 1.41 bits per heavy atom. The lowest BCUT2D eigenvalue weighted by Crippen LogP contribution is -2.44. The van der Waals surface area contributed by atoms with Crippen LogP contribution in [0.15, 0.2) is 24.3 Å². The van der Waals surface area contributed by atoms with Crippen LogP contribution in [-0.4, -0.2) is 30.9 Å². The SMILES string of the molecule is CN(C)c1cccc(C(=O)NC(C)(C)CBr)c1. The highest BCUT2D eigenvalue weighted by atomic mass is 79.9. The van der Waals surface area contributed by atoms with E-state index in [2.05, 4.69) is 21.2 Å². The number of amides is 1. The van der Waals surface area contributed by atoms with Gasteiger partial charge in [-0.3, -0.25) is 4.79 Å². The molecule has 3 nitrogen and oxygen atoms in total. The van der Waals surface area contributed by atoms with Crippen LogP contribution in [-0.2, 0) is 0 Å². The fourth-order valence-electron chi connectivity index (χ4n) is 1.34. The molecule has 0 radical (unpaired) electrons. The van der Waals surface area contributed by atoms with Crippen molar-refractivity contribution in [3.05, 3.63) is 29.8 Å². The number of benzene rings is 1. The van der Waals surface area contributed by atoms with Crippen LogP contribution in [0.3, 0.4) is 0 Å². The first-order valence-electron chi connectivity index (χ1n) is 5.51. The Bertz CT molecular complexity index is 402. The molecule has 1 amide bonds. The molecule has 1 N–H and O–H groups in total. The van der Waals surface area contributed by atoms with E-state index in [1.807, 2.05) is 57.1 Å². The van der Waals surface area contributed by atoms with Crippen molar-refractivity contribution < 1.29 is 4.79 Å². The van der Waals surface area contributed by atoms with Crippen molar-refractivity contribution in [2.45, 2.75) is 19.4 Å². The van der Waals surface area contributed by atoms with Crippen LogP contribution in [0.25, 0.3) is 0 Å². The van der Waals surface area contributed by atoms with Crippen molar-refractivity contribution in [2.24, 2.45) is 0 Å². The molecule has 1 rings (SSSR count). The first kappa shape index (κ1) is 14.0. The molecular formula is C13H19BrN2O. The molecule has 0 atom stereocenters. The van der Waals surface area contributed by atoms with E-state index in [9.17, 15) is 4.79 Å². The lowest BCUT2D eigenvalue weighted by atomic mass is 10.1. The van der Waals surface area contributed by atoms with Gasteiger partial charge in [-0.15, -0.1) is 0 Å². The molecule has 0 unspecified atom stereocenters. The topological polar surface area (TPSA) is 32.3 Å². The lowest BCUT2D eigenvalue weighted by molar-refractivity contribution is 0.0921. The third-order valence-electron chi connectivity index (χ3n) is 2.41. The van der Waals surface area contributed by atoms with E-state index in [1.165, 1.54) is 0 Å². The summed E-state index contributed by atoms with van der Waals surface area (Å²) in [7, 11) is 3.92. The van der Waals surface area contributed by atoms with E-state index < -0.39 is 0 Å². The number of carbonyl (C=O) groups is 1. The number of anilines is 1. The van der Waals surface area contributed by atoms with Crippen molar-refractivity contribution in [1.29, 1.82) is 0 Å². The zero-order valence-electron chi connectivity index (χ0n) is 10.7. The highest BCUT2D eigenvalue weighted by molar-refractivity contribution is 9.09. The number of nitrogens with one attached hydrogen (secondary N) is 1. The Balaban J connectivity index is 2.86. The Kier molecular flexibility index (Phi) is 4.57. The molecule has 0 aliphatic heterocycles. The number of rotatable bonds is 4. The van der Waals surface area contributed by atoms with Crippen molar-refractivity contribution in [3.8, 4) is 0 Å². The average molecular weight is 299 g/mol. The summed E-state index contributed by atoms with van der Waals surface area (Å²) >= 11 is 3.39. The highest BCUT2D eigenvalue weighted by Gasteiger charge is 2.19. The maximum absolute atomic E-state index is 12.0. The van der Waals surface area contributed by atoms with Gasteiger partial charge >= 0.3 is 0 Å². The maximum Gasteiger partial charge on any atom is 0.251 e. The molecule has 0 aliphatic rings. The second-order valence-electron chi connectivity index (χ2n) is 4.92. The van der Waals surface area contributed by atoms with E-state index in [0.717, 1.165) is 11.0 Å². The largest absolute Gasteiger partial charge is 0.378 e. The Labute approximate surface area is 111 Å². The number of hydrogen-bond donors (Lipinski definition) is 1. The summed E-state index contributed by atoms with van der Waals surface area (Å²) in [5.74, 6) is -0.0434. The monoisotopic (exact) mass is 298 g/mol. The zero-order chi connectivity index (χ0) is 13.1. The van der Waals surface area contributed by atoms with Gasteiger partial charge in [-0.05, 0) is 32.0 Å². The number of hydrogen-bond acceptors (Lipinski definition) is 2. The summed E-state index contributed by atoms with van der Waals surface area (Å²) in [6.45, 7) is 3.96. The molecule has 1 aromatic rings. The fourth-order valence-corrected chi connectivity index (χ4v) is 1.48. The molecule has 0 spiro atoms. The van der Waals surface area contributed by atoms with Crippen molar-refractivity contribution >= 4 is 27.5 Å². The minimum absolute atomic E-state index is 0.0434. The van der Waals surface area contributed by atoms with Gasteiger partial charge in [0.15, 0.2) is 0 Å². The molecule has 0 saturated heterocycles. The molecule has 0 saturated carbocycles. The molecule has 17 heavy (non-hydrogen) atoms. The molecule has 0 aliphatic carbocycles. The summed E-state index contributed by atoms with van der Waals surface area (Å²) in [4.78, 5) is 14.0. The summed E-state index contributed by atoms with van der Waals surface area (Å²) < 4.78 is 0. The van der Waals surface area contributed by atoms with Crippen LogP contribution >= 0.6 is 15.9 Å². The fraction of sp³-hybridized carbons (Fsp3) is 0.462. The predicted octanol–water partition coefficient (Wildman–Crippen LogP) is 2.66. The van der Waals surface area contributed by atoms with E-state index in [1.54, 1.807) is 0 Å². The summed E-state index contributed by atoms with van der Waals surface area (Å²) in [6.07, 6.45) is 0. The number of halogens is 1. The zero-order valence-corrected chi connectivity index (χ0v) is 12.3. The van der Waals surface area contributed by atoms with Gasteiger partial charge in [0.05, 0.1) is 0 Å². The third-order valence-corrected chi connectivity index (χ3v) is 3.81. The van der Waals surface area contributed by atoms with Crippen molar-refractivity contribution in [3.63, 3.8) is 0 Å². The highest BCUT2D eigenvalue weighted by Crippen LogP contribution is 2.14. The molecular weight excluding hydrogens is 280 g/mol. The van der Waals surface area contributed by atoms with Gasteiger partial charge in [0.2, 0.25) is 0 Å². The van der Waals surface area contributed by atoms with Gasteiger partial charge in [-0.1, -0.05) is 22.0 Å². The van der Waals surface area contributed by atoms with Crippen LogP contribution < -0.4 is 10.2 Å². The molecule has 94 valence electrons. The minimum atomic E-state index is -0.245. The van der Waals surface area contributed by atoms with E-state index in [4.69, 9.17) is 0 Å². The first-order chi connectivity index (χ1) is 7.85.